The lowest BCUT2D eigenvalue weighted by atomic mass is 10.3. The number of hydrogen-bond donors (Lipinski definition) is 0. The summed E-state index contributed by atoms with van der Waals surface area (Å²) in [6, 6.07) is 7.69. The zero-order chi connectivity index (χ0) is 10.4. The summed E-state index contributed by atoms with van der Waals surface area (Å²) in [7, 11) is 0. The molecule has 14 heavy (non-hydrogen) atoms. The lowest BCUT2D eigenvalue weighted by Gasteiger charge is -2.02. The Hall–Kier alpha value is -1.57. The molecule has 0 heterocycles. The first kappa shape index (κ1) is 10.5. The predicted molar refractivity (Wildman–Crippen MR) is 60.6 cm³/mol. The molecule has 2 heteroatoms. The number of ether oxygens (including phenoxy) is 1. The van der Waals surface area contributed by atoms with Gasteiger partial charge in [0.05, 0.1) is 5.69 Å². The SMILES string of the molecule is C=CCOc1ccc(N=C(C)C)cc1. The predicted octanol–water partition coefficient (Wildman–Crippen LogP) is 3.36. The van der Waals surface area contributed by atoms with Crippen molar-refractivity contribution in [2.75, 3.05) is 6.61 Å². The summed E-state index contributed by atoms with van der Waals surface area (Å²) in [4.78, 5) is 4.32. The number of nitrogens with zero attached hydrogens (tertiary/aromatic N) is 1. The summed E-state index contributed by atoms with van der Waals surface area (Å²) in [6.45, 7) is 8.07. The number of rotatable bonds is 4. The third-order valence-corrected chi connectivity index (χ3v) is 1.56. The topological polar surface area (TPSA) is 21.6 Å². The first-order valence-corrected chi connectivity index (χ1v) is 4.58. The van der Waals surface area contributed by atoms with Crippen LogP contribution in [0.15, 0.2) is 41.9 Å². The minimum absolute atomic E-state index is 0.537. The van der Waals surface area contributed by atoms with Gasteiger partial charge in [0.1, 0.15) is 12.4 Å². The van der Waals surface area contributed by atoms with Crippen molar-refractivity contribution in [1.29, 1.82) is 0 Å². The van der Waals surface area contributed by atoms with Gasteiger partial charge >= 0.3 is 0 Å². The van der Waals surface area contributed by atoms with Gasteiger partial charge in [-0.15, -0.1) is 0 Å². The third-order valence-electron chi connectivity index (χ3n) is 1.56. The zero-order valence-electron chi connectivity index (χ0n) is 8.66. The highest BCUT2D eigenvalue weighted by Gasteiger charge is 1.92. The highest BCUT2D eigenvalue weighted by atomic mass is 16.5. The molecule has 0 fully saturated rings. The van der Waals surface area contributed by atoms with Crippen LogP contribution in [0.25, 0.3) is 0 Å². The van der Waals surface area contributed by atoms with Gasteiger partial charge in [0, 0.05) is 5.71 Å². The Morgan fingerprint density at radius 2 is 2.00 bits per heavy atom. The van der Waals surface area contributed by atoms with Gasteiger partial charge in [0.15, 0.2) is 0 Å². The van der Waals surface area contributed by atoms with Crippen LogP contribution in [0.4, 0.5) is 5.69 Å². The van der Waals surface area contributed by atoms with Crippen LogP contribution < -0.4 is 4.74 Å². The average molecular weight is 189 g/mol. The standard InChI is InChI=1S/C12H15NO/c1-4-9-14-12-7-5-11(6-8-12)13-10(2)3/h4-8H,1,9H2,2-3H3. The fraction of sp³-hybridized carbons (Fsp3) is 0.250. The molecule has 0 N–H and O–H groups in total. The first-order chi connectivity index (χ1) is 6.72. The van der Waals surface area contributed by atoms with E-state index in [2.05, 4.69) is 11.6 Å². The molecule has 74 valence electrons. The van der Waals surface area contributed by atoms with Crippen LogP contribution in [0.3, 0.4) is 0 Å². The number of aliphatic imine (C=N–C) groups is 1. The second-order valence-electron chi connectivity index (χ2n) is 3.15. The molecule has 0 aromatic heterocycles. The van der Waals surface area contributed by atoms with Gasteiger partial charge in [0.25, 0.3) is 0 Å². The van der Waals surface area contributed by atoms with Gasteiger partial charge < -0.3 is 4.74 Å². The van der Waals surface area contributed by atoms with Crippen LogP contribution in [-0.4, -0.2) is 12.3 Å². The first-order valence-electron chi connectivity index (χ1n) is 4.58. The summed E-state index contributed by atoms with van der Waals surface area (Å²) in [6.07, 6.45) is 1.72. The number of hydrogen-bond acceptors (Lipinski definition) is 2. The van der Waals surface area contributed by atoms with E-state index in [0.717, 1.165) is 17.1 Å². The molecule has 1 rings (SSSR count). The largest absolute Gasteiger partial charge is 0.490 e. The van der Waals surface area contributed by atoms with Crippen LogP contribution in [0.1, 0.15) is 13.8 Å². The maximum absolute atomic E-state index is 5.35. The van der Waals surface area contributed by atoms with Crippen molar-refractivity contribution in [2.45, 2.75) is 13.8 Å². The second-order valence-corrected chi connectivity index (χ2v) is 3.15. The Kier molecular flexibility index (Phi) is 3.92. The summed E-state index contributed by atoms with van der Waals surface area (Å²) >= 11 is 0. The number of benzene rings is 1. The van der Waals surface area contributed by atoms with Crippen molar-refractivity contribution in [1.82, 2.24) is 0 Å². The highest BCUT2D eigenvalue weighted by molar-refractivity contribution is 5.82. The van der Waals surface area contributed by atoms with Crippen LogP contribution in [0.5, 0.6) is 5.75 Å². The molecule has 1 aromatic rings. The van der Waals surface area contributed by atoms with E-state index in [1.165, 1.54) is 0 Å². The normalized spacial score (nSPS) is 9.29. The minimum atomic E-state index is 0.537. The van der Waals surface area contributed by atoms with Crippen LogP contribution in [0, 0.1) is 0 Å². The van der Waals surface area contributed by atoms with E-state index in [4.69, 9.17) is 4.74 Å². The third kappa shape index (κ3) is 3.44. The van der Waals surface area contributed by atoms with Crippen molar-refractivity contribution in [3.63, 3.8) is 0 Å². The molecular weight excluding hydrogens is 174 g/mol. The van der Waals surface area contributed by atoms with Crippen LogP contribution in [0.2, 0.25) is 0 Å². The second kappa shape index (κ2) is 5.22. The van der Waals surface area contributed by atoms with E-state index in [-0.39, 0.29) is 0 Å². The highest BCUT2D eigenvalue weighted by Crippen LogP contribution is 2.18. The molecule has 0 amide bonds. The maximum Gasteiger partial charge on any atom is 0.119 e. The Labute approximate surface area is 84.9 Å². The van der Waals surface area contributed by atoms with Crippen molar-refractivity contribution >= 4 is 11.4 Å². The monoisotopic (exact) mass is 189 g/mol. The molecule has 0 aliphatic carbocycles. The molecule has 0 spiro atoms. The van der Waals surface area contributed by atoms with Crippen LogP contribution >= 0.6 is 0 Å². The van der Waals surface area contributed by atoms with E-state index < -0.39 is 0 Å². The molecule has 0 unspecified atom stereocenters. The zero-order valence-corrected chi connectivity index (χ0v) is 8.66. The van der Waals surface area contributed by atoms with Crippen LogP contribution in [-0.2, 0) is 0 Å². The molecule has 0 radical (unpaired) electrons. The lowest BCUT2D eigenvalue weighted by Crippen LogP contribution is -1.91. The van der Waals surface area contributed by atoms with Crippen molar-refractivity contribution in [3.05, 3.63) is 36.9 Å². The van der Waals surface area contributed by atoms with Gasteiger partial charge in [-0.25, -0.2) is 0 Å². The van der Waals surface area contributed by atoms with Crippen molar-refractivity contribution in [2.24, 2.45) is 4.99 Å². The Morgan fingerprint density at radius 3 is 2.50 bits per heavy atom. The Balaban J connectivity index is 2.68. The molecule has 0 atom stereocenters. The van der Waals surface area contributed by atoms with E-state index >= 15 is 0 Å². The van der Waals surface area contributed by atoms with E-state index in [1.54, 1.807) is 6.08 Å². The van der Waals surface area contributed by atoms with E-state index in [9.17, 15) is 0 Å². The lowest BCUT2D eigenvalue weighted by molar-refractivity contribution is 0.363. The molecular formula is C12H15NO. The molecule has 0 aliphatic heterocycles. The fourth-order valence-electron chi connectivity index (χ4n) is 1.03. The summed E-state index contributed by atoms with van der Waals surface area (Å²) in [5.74, 6) is 0.845. The van der Waals surface area contributed by atoms with Gasteiger partial charge in [-0.2, -0.15) is 0 Å². The minimum Gasteiger partial charge on any atom is -0.490 e. The van der Waals surface area contributed by atoms with Gasteiger partial charge in [0.2, 0.25) is 0 Å². The fourth-order valence-corrected chi connectivity index (χ4v) is 1.03. The maximum atomic E-state index is 5.35. The molecule has 2 nitrogen and oxygen atoms in total. The molecule has 0 aliphatic rings. The van der Waals surface area contributed by atoms with Gasteiger partial charge in [-0.05, 0) is 38.1 Å². The molecule has 0 bridgehead atoms. The van der Waals surface area contributed by atoms with E-state index in [0.29, 0.717) is 6.61 Å². The van der Waals surface area contributed by atoms with Crippen molar-refractivity contribution in [3.8, 4) is 5.75 Å². The Bertz CT molecular complexity index is 321. The van der Waals surface area contributed by atoms with Crippen molar-refractivity contribution < 1.29 is 4.74 Å². The smallest absolute Gasteiger partial charge is 0.119 e. The Morgan fingerprint density at radius 1 is 1.36 bits per heavy atom. The average Bonchev–Trinajstić information content (AvgIpc) is 2.16. The van der Waals surface area contributed by atoms with Gasteiger partial charge in [-0.1, -0.05) is 12.7 Å². The van der Waals surface area contributed by atoms with Gasteiger partial charge in [-0.3, -0.25) is 4.99 Å². The molecule has 0 saturated heterocycles. The quantitative estimate of drug-likeness (QED) is 0.525. The summed E-state index contributed by atoms with van der Waals surface area (Å²) in [5.41, 5.74) is 2.00. The molecule has 1 aromatic carbocycles. The van der Waals surface area contributed by atoms with E-state index in [1.807, 2.05) is 38.1 Å². The summed E-state index contributed by atoms with van der Waals surface area (Å²) in [5, 5.41) is 0. The molecule has 0 saturated carbocycles. The summed E-state index contributed by atoms with van der Waals surface area (Å²) < 4.78 is 5.35.